The molecule has 0 aromatic carbocycles. The lowest BCUT2D eigenvalue weighted by Crippen LogP contribution is -2.61. The third-order valence-electron chi connectivity index (χ3n) is 6.64. The van der Waals surface area contributed by atoms with Gasteiger partial charge in [0, 0.05) is 29.9 Å². The average Bonchev–Trinajstić information content (AvgIpc) is 3.05. The topological polar surface area (TPSA) is 36.3 Å². The van der Waals surface area contributed by atoms with Crippen molar-refractivity contribution in [1.29, 1.82) is 0 Å². The van der Waals surface area contributed by atoms with E-state index in [0.29, 0.717) is 5.92 Å². The van der Waals surface area contributed by atoms with Gasteiger partial charge >= 0.3 is 0 Å². The maximum Gasteiger partial charge on any atom is 0.173 e. The molecule has 0 bridgehead atoms. The van der Waals surface area contributed by atoms with Gasteiger partial charge in [-0.25, -0.2) is 0 Å². The van der Waals surface area contributed by atoms with Gasteiger partial charge in [-0.2, -0.15) is 5.10 Å². The molecule has 122 valence electrons. The van der Waals surface area contributed by atoms with Crippen LogP contribution < -0.4 is 0 Å². The van der Waals surface area contributed by atoms with Crippen LogP contribution in [0.4, 0.5) is 0 Å². The average molecular weight is 369 g/mol. The molecule has 2 fully saturated rings. The molecule has 1 unspecified atom stereocenters. The number of aryl methyl sites for hydroxylation is 1. The SMILES string of the molecule is Cn1nc2c(c1Br)CC[C@@H]1C2(C)CCC2(OCCO2)C1(C)C. The third-order valence-corrected chi connectivity index (χ3v) is 7.63. The van der Waals surface area contributed by atoms with E-state index in [9.17, 15) is 0 Å². The summed E-state index contributed by atoms with van der Waals surface area (Å²) < 4.78 is 15.4. The van der Waals surface area contributed by atoms with Crippen LogP contribution in [0, 0.1) is 11.3 Å². The molecule has 2 atom stereocenters. The molecule has 1 spiro atoms. The van der Waals surface area contributed by atoms with Gasteiger partial charge in [-0.15, -0.1) is 0 Å². The Labute approximate surface area is 140 Å². The number of halogens is 1. The van der Waals surface area contributed by atoms with Gasteiger partial charge in [0.15, 0.2) is 5.79 Å². The molecule has 2 heterocycles. The van der Waals surface area contributed by atoms with E-state index in [-0.39, 0.29) is 16.6 Å². The lowest BCUT2D eigenvalue weighted by molar-refractivity contribution is -0.276. The predicted octanol–water partition coefficient (Wildman–Crippen LogP) is 3.57. The van der Waals surface area contributed by atoms with Crippen molar-refractivity contribution in [3.8, 4) is 0 Å². The Morgan fingerprint density at radius 3 is 2.55 bits per heavy atom. The molecule has 0 N–H and O–H groups in total. The number of ether oxygens (including phenoxy) is 2. The van der Waals surface area contributed by atoms with E-state index in [0.717, 1.165) is 37.1 Å². The number of hydrogen-bond acceptors (Lipinski definition) is 3. The minimum absolute atomic E-state index is 0.00180. The highest BCUT2D eigenvalue weighted by Crippen LogP contribution is 2.62. The van der Waals surface area contributed by atoms with Gasteiger partial charge < -0.3 is 9.47 Å². The fourth-order valence-electron chi connectivity index (χ4n) is 5.43. The van der Waals surface area contributed by atoms with E-state index in [4.69, 9.17) is 14.6 Å². The van der Waals surface area contributed by atoms with E-state index in [1.807, 2.05) is 11.7 Å². The van der Waals surface area contributed by atoms with Crippen LogP contribution in [0.25, 0.3) is 0 Å². The maximum atomic E-state index is 6.15. The zero-order chi connectivity index (χ0) is 15.8. The normalized spacial score (nSPS) is 35.4. The summed E-state index contributed by atoms with van der Waals surface area (Å²) in [7, 11) is 2.03. The van der Waals surface area contributed by atoms with Gasteiger partial charge in [-0.1, -0.05) is 20.8 Å². The second-order valence-electron chi connectivity index (χ2n) is 7.92. The number of aromatic nitrogens is 2. The summed E-state index contributed by atoms with van der Waals surface area (Å²) in [6.45, 7) is 8.53. The molecule has 4 nitrogen and oxygen atoms in total. The van der Waals surface area contributed by atoms with Gasteiger partial charge in [-0.3, -0.25) is 4.68 Å². The van der Waals surface area contributed by atoms with E-state index in [2.05, 4.69) is 36.7 Å². The van der Waals surface area contributed by atoms with Crippen molar-refractivity contribution in [3.63, 3.8) is 0 Å². The number of fused-ring (bicyclic) bond motifs is 3. The zero-order valence-corrected chi connectivity index (χ0v) is 15.5. The third kappa shape index (κ3) is 1.68. The molecular weight excluding hydrogens is 344 g/mol. The van der Waals surface area contributed by atoms with Crippen LogP contribution in [0.5, 0.6) is 0 Å². The maximum absolute atomic E-state index is 6.15. The van der Waals surface area contributed by atoms with Crippen molar-refractivity contribution < 1.29 is 9.47 Å². The fraction of sp³-hybridized carbons (Fsp3) is 0.824. The van der Waals surface area contributed by atoms with Gasteiger partial charge in [0.1, 0.15) is 4.60 Å². The van der Waals surface area contributed by atoms with Crippen molar-refractivity contribution in [2.45, 2.75) is 57.7 Å². The van der Waals surface area contributed by atoms with E-state index in [1.165, 1.54) is 17.7 Å². The van der Waals surface area contributed by atoms with Crippen molar-refractivity contribution in [3.05, 3.63) is 15.9 Å². The van der Waals surface area contributed by atoms with Gasteiger partial charge in [0.05, 0.1) is 18.9 Å². The van der Waals surface area contributed by atoms with Gasteiger partial charge in [0.25, 0.3) is 0 Å². The molecule has 1 saturated heterocycles. The van der Waals surface area contributed by atoms with E-state index in [1.54, 1.807) is 0 Å². The molecule has 1 aliphatic heterocycles. The molecule has 3 aliphatic rings. The largest absolute Gasteiger partial charge is 0.347 e. The summed E-state index contributed by atoms with van der Waals surface area (Å²) in [5, 5.41) is 4.88. The molecule has 0 amide bonds. The van der Waals surface area contributed by atoms with E-state index < -0.39 is 0 Å². The first-order valence-electron chi connectivity index (χ1n) is 8.32. The summed E-state index contributed by atoms with van der Waals surface area (Å²) in [6, 6.07) is 0. The number of hydrogen-bond donors (Lipinski definition) is 0. The lowest BCUT2D eigenvalue weighted by atomic mass is 9.49. The Morgan fingerprint density at radius 2 is 1.86 bits per heavy atom. The minimum Gasteiger partial charge on any atom is -0.347 e. The smallest absolute Gasteiger partial charge is 0.173 e. The Balaban J connectivity index is 1.81. The molecule has 1 aromatic heterocycles. The highest BCUT2D eigenvalue weighted by molar-refractivity contribution is 9.10. The first kappa shape index (κ1) is 15.2. The summed E-state index contributed by atoms with van der Waals surface area (Å²) in [4.78, 5) is 0. The molecule has 1 aromatic rings. The summed E-state index contributed by atoms with van der Waals surface area (Å²) in [6.07, 6.45) is 4.30. The van der Waals surface area contributed by atoms with Crippen LogP contribution >= 0.6 is 15.9 Å². The zero-order valence-electron chi connectivity index (χ0n) is 13.9. The van der Waals surface area contributed by atoms with Gasteiger partial charge in [-0.05, 0) is 41.1 Å². The number of rotatable bonds is 0. The predicted molar refractivity (Wildman–Crippen MR) is 87.7 cm³/mol. The van der Waals surface area contributed by atoms with Crippen LogP contribution in [-0.4, -0.2) is 28.8 Å². The van der Waals surface area contributed by atoms with Crippen LogP contribution in [-0.2, 0) is 28.4 Å². The summed E-state index contributed by atoms with van der Waals surface area (Å²) in [5.41, 5.74) is 2.81. The minimum atomic E-state index is -0.388. The first-order valence-corrected chi connectivity index (χ1v) is 9.11. The second-order valence-corrected chi connectivity index (χ2v) is 8.67. The Morgan fingerprint density at radius 1 is 1.18 bits per heavy atom. The summed E-state index contributed by atoms with van der Waals surface area (Å²) >= 11 is 3.72. The lowest BCUT2D eigenvalue weighted by Gasteiger charge is -2.59. The quantitative estimate of drug-likeness (QED) is 0.702. The highest BCUT2D eigenvalue weighted by atomic mass is 79.9. The van der Waals surface area contributed by atoms with E-state index >= 15 is 0 Å². The van der Waals surface area contributed by atoms with Crippen molar-refractivity contribution in [2.75, 3.05) is 13.2 Å². The van der Waals surface area contributed by atoms with Crippen LogP contribution in [0.15, 0.2) is 4.60 Å². The van der Waals surface area contributed by atoms with Crippen LogP contribution in [0.1, 0.15) is 51.3 Å². The Kier molecular flexibility index (Phi) is 3.15. The van der Waals surface area contributed by atoms with Crippen LogP contribution in [0.2, 0.25) is 0 Å². The Hall–Kier alpha value is -0.390. The molecule has 0 radical (unpaired) electrons. The van der Waals surface area contributed by atoms with Crippen molar-refractivity contribution in [2.24, 2.45) is 18.4 Å². The monoisotopic (exact) mass is 368 g/mol. The molecule has 22 heavy (non-hydrogen) atoms. The Bertz CT molecular complexity index is 618. The molecule has 2 aliphatic carbocycles. The van der Waals surface area contributed by atoms with Crippen LogP contribution in [0.3, 0.4) is 0 Å². The number of nitrogens with zero attached hydrogens (tertiary/aromatic N) is 2. The first-order chi connectivity index (χ1) is 10.3. The molecule has 5 heteroatoms. The summed E-state index contributed by atoms with van der Waals surface area (Å²) in [5.74, 6) is 0.141. The highest BCUT2D eigenvalue weighted by Gasteiger charge is 2.63. The molecular formula is C17H25BrN2O2. The van der Waals surface area contributed by atoms with Gasteiger partial charge in [0.2, 0.25) is 0 Å². The molecule has 4 rings (SSSR count). The van der Waals surface area contributed by atoms with Crippen molar-refractivity contribution in [1.82, 2.24) is 9.78 Å². The fourth-order valence-corrected chi connectivity index (χ4v) is 5.90. The second kappa shape index (κ2) is 4.58. The van der Waals surface area contributed by atoms with Crippen molar-refractivity contribution >= 4 is 15.9 Å². The molecule has 1 saturated carbocycles. The standard InChI is InChI=1S/C17H25BrN2O2/c1-15(2)12-6-5-11-13(19-20(4)14(11)18)16(12,3)7-8-17(15)21-9-10-22-17/h12H,5-10H2,1-4H3/t12-,16?/m0/s1.